The van der Waals surface area contributed by atoms with E-state index in [1.54, 1.807) is 12.1 Å². The summed E-state index contributed by atoms with van der Waals surface area (Å²) in [5.41, 5.74) is 7.28. The minimum absolute atomic E-state index is 0.231. The van der Waals surface area contributed by atoms with E-state index in [-0.39, 0.29) is 11.8 Å². The lowest BCUT2D eigenvalue weighted by atomic mass is 10.0. The van der Waals surface area contributed by atoms with Gasteiger partial charge in [-0.2, -0.15) is 0 Å². The van der Waals surface area contributed by atoms with Crippen molar-refractivity contribution in [1.29, 1.82) is 0 Å². The van der Waals surface area contributed by atoms with Crippen LogP contribution < -0.4 is 16.4 Å². The van der Waals surface area contributed by atoms with E-state index in [1.807, 2.05) is 40.7 Å². The van der Waals surface area contributed by atoms with E-state index in [2.05, 4.69) is 24.5 Å². The van der Waals surface area contributed by atoms with Gasteiger partial charge in [0.05, 0.1) is 11.4 Å². The number of ether oxygens (including phenoxy) is 1. The highest BCUT2D eigenvalue weighted by Gasteiger charge is 2.27. The first-order chi connectivity index (χ1) is 13.0. The minimum Gasteiger partial charge on any atom is -0.458 e. The number of nitrogens with two attached hydrogens (primary N) is 1. The lowest BCUT2D eigenvalue weighted by Crippen LogP contribution is -2.45. The highest BCUT2D eigenvalue weighted by Crippen LogP contribution is 2.22. The molecule has 0 bridgehead atoms. The largest absolute Gasteiger partial charge is 0.458 e. The van der Waals surface area contributed by atoms with Crippen LogP contribution in [0.5, 0.6) is 0 Å². The summed E-state index contributed by atoms with van der Waals surface area (Å²) < 4.78 is 5.46. The molecule has 0 aliphatic carbocycles. The topological polar surface area (TPSA) is 93.5 Å². The summed E-state index contributed by atoms with van der Waals surface area (Å²) in [6.07, 6.45) is 2.49. The molecule has 0 radical (unpaired) electrons. The molecule has 1 amide bonds. The fourth-order valence-electron chi connectivity index (χ4n) is 2.85. The number of amides is 1. The van der Waals surface area contributed by atoms with Crippen molar-refractivity contribution >= 4 is 23.3 Å². The van der Waals surface area contributed by atoms with Crippen molar-refractivity contribution in [3.05, 3.63) is 23.8 Å². The van der Waals surface area contributed by atoms with Gasteiger partial charge in [0.25, 0.3) is 5.91 Å². The number of hydrogen-bond donors (Lipinski definition) is 3. The fourth-order valence-corrected chi connectivity index (χ4v) is 2.85. The number of carbonyl (C=O) groups excluding carboxylic acids is 2. The Morgan fingerprint density at radius 2 is 1.75 bits per heavy atom. The van der Waals surface area contributed by atoms with E-state index in [9.17, 15) is 9.59 Å². The normalized spacial score (nSPS) is 12.8. The second kappa shape index (κ2) is 10.3. The van der Waals surface area contributed by atoms with E-state index in [0.717, 1.165) is 18.5 Å². The molecule has 6 nitrogen and oxygen atoms in total. The quantitative estimate of drug-likeness (QED) is 0.430. The highest BCUT2D eigenvalue weighted by atomic mass is 16.6. The smallest absolute Gasteiger partial charge is 0.329 e. The van der Waals surface area contributed by atoms with Gasteiger partial charge in [-0.3, -0.25) is 4.79 Å². The predicted molar refractivity (Wildman–Crippen MR) is 115 cm³/mol. The number of hydrogen-bond acceptors (Lipinski definition) is 5. The number of carbonyl (C=O) groups is 2. The van der Waals surface area contributed by atoms with Gasteiger partial charge in [-0.25, -0.2) is 4.79 Å². The van der Waals surface area contributed by atoms with Gasteiger partial charge < -0.3 is 21.1 Å². The highest BCUT2D eigenvalue weighted by molar-refractivity contribution is 5.98. The van der Waals surface area contributed by atoms with E-state index in [4.69, 9.17) is 10.5 Å². The zero-order valence-electron chi connectivity index (χ0n) is 18.4. The van der Waals surface area contributed by atoms with Crippen LogP contribution >= 0.6 is 0 Å². The molecule has 158 valence electrons. The summed E-state index contributed by atoms with van der Waals surface area (Å²) in [6, 6.07) is 4.81. The van der Waals surface area contributed by atoms with E-state index >= 15 is 0 Å². The first kappa shape index (κ1) is 23.8. The maximum absolute atomic E-state index is 12.7. The van der Waals surface area contributed by atoms with Gasteiger partial charge in [0, 0.05) is 11.6 Å². The molecule has 28 heavy (non-hydrogen) atoms. The predicted octanol–water partition coefficient (Wildman–Crippen LogP) is 4.36. The van der Waals surface area contributed by atoms with Crippen LogP contribution in [0.3, 0.4) is 0 Å². The molecule has 0 saturated heterocycles. The third kappa shape index (κ3) is 7.79. The third-order valence-electron chi connectivity index (χ3n) is 4.36. The zero-order valence-corrected chi connectivity index (χ0v) is 18.4. The van der Waals surface area contributed by atoms with Crippen molar-refractivity contribution < 1.29 is 14.3 Å². The summed E-state index contributed by atoms with van der Waals surface area (Å²) in [6.45, 7) is 13.7. The van der Waals surface area contributed by atoms with Crippen LogP contribution in [-0.4, -0.2) is 29.6 Å². The number of benzene rings is 1. The molecular weight excluding hydrogens is 354 g/mol. The monoisotopic (exact) mass is 391 g/mol. The molecule has 0 saturated carbocycles. The molecule has 1 atom stereocenters. The number of rotatable bonds is 9. The van der Waals surface area contributed by atoms with E-state index < -0.39 is 17.6 Å². The molecule has 1 aromatic carbocycles. The van der Waals surface area contributed by atoms with Crippen LogP contribution in [0, 0.1) is 5.92 Å². The number of nitrogens with one attached hydrogen (secondary N) is 2. The van der Waals surface area contributed by atoms with Gasteiger partial charge in [0.1, 0.15) is 11.6 Å². The van der Waals surface area contributed by atoms with Crippen molar-refractivity contribution in [3.8, 4) is 0 Å². The summed E-state index contributed by atoms with van der Waals surface area (Å²) in [7, 11) is 0. The van der Waals surface area contributed by atoms with Gasteiger partial charge in [0.2, 0.25) is 0 Å². The number of nitrogen functional groups attached to an aromatic ring is 1. The zero-order chi connectivity index (χ0) is 21.5. The SMILES string of the molecule is CCC(CC)Nc1ccc(C(=O)NC(CC(C)C)C(=O)OC(C)(C)C)cc1N. The molecule has 0 fully saturated rings. The molecule has 0 spiro atoms. The van der Waals surface area contributed by atoms with Crippen molar-refractivity contribution in [1.82, 2.24) is 5.32 Å². The molecule has 0 aromatic heterocycles. The molecule has 1 aromatic rings. The molecule has 4 N–H and O–H groups in total. The van der Waals surface area contributed by atoms with Gasteiger partial charge in [0.15, 0.2) is 0 Å². The molecule has 1 rings (SSSR count). The second-order valence-electron chi connectivity index (χ2n) is 8.65. The van der Waals surface area contributed by atoms with Gasteiger partial charge >= 0.3 is 5.97 Å². The molecule has 6 heteroatoms. The van der Waals surface area contributed by atoms with Crippen molar-refractivity contribution in [2.45, 2.75) is 85.4 Å². The van der Waals surface area contributed by atoms with Crippen LogP contribution in [0.1, 0.15) is 78.1 Å². The van der Waals surface area contributed by atoms with Crippen LogP contribution in [-0.2, 0) is 9.53 Å². The van der Waals surface area contributed by atoms with Crippen molar-refractivity contribution in [2.24, 2.45) is 5.92 Å². The lowest BCUT2D eigenvalue weighted by Gasteiger charge is -2.25. The van der Waals surface area contributed by atoms with E-state index in [0.29, 0.717) is 23.7 Å². The Hall–Kier alpha value is -2.24. The molecule has 0 aliphatic rings. The minimum atomic E-state index is -0.699. The van der Waals surface area contributed by atoms with Crippen LogP contribution in [0.4, 0.5) is 11.4 Å². The van der Waals surface area contributed by atoms with Gasteiger partial charge in [-0.05, 0) is 64.2 Å². The van der Waals surface area contributed by atoms with Gasteiger partial charge in [-0.1, -0.05) is 27.7 Å². The fraction of sp³-hybridized carbons (Fsp3) is 0.636. The van der Waals surface area contributed by atoms with Crippen molar-refractivity contribution in [3.63, 3.8) is 0 Å². The first-order valence-corrected chi connectivity index (χ1v) is 10.2. The summed E-state index contributed by atoms with van der Waals surface area (Å²) in [4.78, 5) is 25.2. The van der Waals surface area contributed by atoms with Crippen LogP contribution in [0.25, 0.3) is 0 Å². The van der Waals surface area contributed by atoms with Crippen LogP contribution in [0.15, 0.2) is 18.2 Å². The maximum Gasteiger partial charge on any atom is 0.329 e. The molecule has 0 heterocycles. The Kier molecular flexibility index (Phi) is 8.79. The average molecular weight is 392 g/mol. The standard InChI is InChI=1S/C22H37N3O3/c1-8-16(9-2)24-18-11-10-15(13-17(18)23)20(26)25-19(12-14(3)4)21(27)28-22(5,6)7/h10-11,13-14,16,19,24H,8-9,12,23H2,1-7H3,(H,25,26). The molecular formula is C22H37N3O3. The third-order valence-corrected chi connectivity index (χ3v) is 4.36. The number of esters is 1. The Bertz CT molecular complexity index is 661. The Labute approximate surface area is 169 Å². The maximum atomic E-state index is 12.7. The summed E-state index contributed by atoms with van der Waals surface area (Å²) in [5.74, 6) is -0.527. The Morgan fingerprint density at radius 3 is 2.21 bits per heavy atom. The number of anilines is 2. The lowest BCUT2D eigenvalue weighted by molar-refractivity contribution is -0.157. The molecule has 0 aliphatic heterocycles. The van der Waals surface area contributed by atoms with E-state index in [1.165, 1.54) is 0 Å². The van der Waals surface area contributed by atoms with Gasteiger partial charge in [-0.15, -0.1) is 0 Å². The first-order valence-electron chi connectivity index (χ1n) is 10.2. The van der Waals surface area contributed by atoms with Crippen molar-refractivity contribution in [2.75, 3.05) is 11.1 Å². The van der Waals surface area contributed by atoms with Crippen LogP contribution in [0.2, 0.25) is 0 Å². The Morgan fingerprint density at radius 1 is 1.14 bits per heavy atom. The summed E-state index contributed by atoms with van der Waals surface area (Å²) in [5, 5.41) is 6.20. The molecule has 1 unspecified atom stereocenters. The summed E-state index contributed by atoms with van der Waals surface area (Å²) >= 11 is 0. The second-order valence-corrected chi connectivity index (χ2v) is 8.65. The Balaban J connectivity index is 2.92. The average Bonchev–Trinajstić information content (AvgIpc) is 2.58.